The molecule has 2 aromatic rings. The molecule has 0 aliphatic rings. The molecule has 10 heteroatoms. The summed E-state index contributed by atoms with van der Waals surface area (Å²) in [7, 11) is -1.78. The molecule has 0 bridgehead atoms. The minimum atomic E-state index is -3.43. The van der Waals surface area contributed by atoms with Crippen LogP contribution in [0, 0.1) is 0 Å². The number of rotatable bonds is 7. The summed E-state index contributed by atoms with van der Waals surface area (Å²) in [5.74, 6) is 0.574. The van der Waals surface area contributed by atoms with Crippen LogP contribution in [0.3, 0.4) is 0 Å². The quantitative estimate of drug-likeness (QED) is 0.230. The molecule has 25 heavy (non-hydrogen) atoms. The van der Waals surface area contributed by atoms with Gasteiger partial charge < -0.3 is 10.6 Å². The number of aliphatic imine (C=N–C) groups is 1. The van der Waals surface area contributed by atoms with Crippen LogP contribution in [-0.2, 0) is 16.6 Å². The van der Waals surface area contributed by atoms with E-state index in [-0.39, 0.29) is 30.5 Å². The van der Waals surface area contributed by atoms with Crippen molar-refractivity contribution in [2.24, 2.45) is 4.99 Å². The second-order valence-electron chi connectivity index (χ2n) is 4.77. The molecule has 0 aliphatic carbocycles. The average Bonchev–Trinajstić information content (AvgIpc) is 3.11. The van der Waals surface area contributed by atoms with Crippen molar-refractivity contribution in [3.63, 3.8) is 0 Å². The van der Waals surface area contributed by atoms with Crippen molar-refractivity contribution in [2.45, 2.75) is 10.8 Å². The largest absolute Gasteiger partial charge is 0.355 e. The van der Waals surface area contributed by atoms with Crippen molar-refractivity contribution in [1.82, 2.24) is 15.4 Å². The molecule has 2 rings (SSSR count). The van der Waals surface area contributed by atoms with Crippen LogP contribution in [0.5, 0.6) is 0 Å². The van der Waals surface area contributed by atoms with E-state index in [0.717, 1.165) is 5.56 Å². The zero-order valence-electron chi connectivity index (χ0n) is 13.5. The molecule has 0 saturated heterocycles. The van der Waals surface area contributed by atoms with Crippen LogP contribution in [0.2, 0.25) is 5.02 Å². The summed E-state index contributed by atoms with van der Waals surface area (Å²) in [4.78, 5) is 4.09. The van der Waals surface area contributed by atoms with Crippen molar-refractivity contribution >= 4 is 62.9 Å². The number of hydrogen-bond acceptors (Lipinski definition) is 4. The lowest BCUT2D eigenvalue weighted by Crippen LogP contribution is -2.41. The minimum absolute atomic E-state index is 0. The lowest BCUT2D eigenvalue weighted by molar-refractivity contribution is 0.582. The van der Waals surface area contributed by atoms with Gasteiger partial charge in [-0.3, -0.25) is 4.99 Å². The first-order valence-corrected chi connectivity index (χ1v) is 9.98. The highest BCUT2D eigenvalue weighted by Crippen LogP contribution is 2.15. The van der Waals surface area contributed by atoms with Gasteiger partial charge in [0, 0.05) is 31.7 Å². The topological polar surface area (TPSA) is 82.6 Å². The van der Waals surface area contributed by atoms with Crippen LogP contribution in [0.15, 0.2) is 51.0 Å². The maximum absolute atomic E-state index is 12.0. The smallest absolute Gasteiger partial charge is 0.250 e. The van der Waals surface area contributed by atoms with Crippen LogP contribution >= 0.6 is 46.9 Å². The standard InChI is InChI=1S/C15H19ClN4O2S2.HI/c1-17-15(19-11-12-5-2-3-6-13(12)16)18-8-9-20-24(21,22)14-7-4-10-23-14;/h2-7,10,20H,8-9,11H2,1H3,(H2,17,18,19);1H. The Bertz CT molecular complexity index is 783. The summed E-state index contributed by atoms with van der Waals surface area (Å²) < 4.78 is 26.8. The van der Waals surface area contributed by atoms with Crippen molar-refractivity contribution < 1.29 is 8.42 Å². The highest BCUT2D eigenvalue weighted by Gasteiger charge is 2.13. The molecule has 1 heterocycles. The minimum Gasteiger partial charge on any atom is -0.355 e. The van der Waals surface area contributed by atoms with Crippen LogP contribution in [0.4, 0.5) is 0 Å². The molecule has 0 unspecified atom stereocenters. The number of thiophene rings is 1. The normalized spacial score (nSPS) is 11.7. The second-order valence-corrected chi connectivity index (χ2v) is 8.12. The molecule has 6 nitrogen and oxygen atoms in total. The third kappa shape index (κ3) is 7.10. The average molecular weight is 515 g/mol. The molecule has 0 saturated carbocycles. The summed E-state index contributed by atoms with van der Waals surface area (Å²) in [6.45, 7) is 1.19. The van der Waals surface area contributed by atoms with Gasteiger partial charge in [-0.15, -0.1) is 35.3 Å². The fourth-order valence-corrected chi connectivity index (χ4v) is 4.17. The van der Waals surface area contributed by atoms with Crippen LogP contribution < -0.4 is 15.4 Å². The van der Waals surface area contributed by atoms with E-state index in [0.29, 0.717) is 28.3 Å². The number of hydrogen-bond donors (Lipinski definition) is 3. The van der Waals surface area contributed by atoms with Crippen molar-refractivity contribution in [3.05, 3.63) is 52.4 Å². The maximum atomic E-state index is 12.0. The first kappa shape index (κ1) is 22.2. The molecule has 0 spiro atoms. The highest BCUT2D eigenvalue weighted by molar-refractivity contribution is 14.0. The Balaban J connectivity index is 0.00000312. The Kier molecular flexibility index (Phi) is 9.72. The number of nitrogens with zero attached hydrogens (tertiary/aromatic N) is 1. The van der Waals surface area contributed by atoms with Gasteiger partial charge in [-0.1, -0.05) is 35.9 Å². The lowest BCUT2D eigenvalue weighted by atomic mass is 10.2. The molecule has 0 fully saturated rings. The highest BCUT2D eigenvalue weighted by atomic mass is 127. The van der Waals surface area contributed by atoms with E-state index in [1.165, 1.54) is 11.3 Å². The molecule has 138 valence electrons. The van der Waals surface area contributed by atoms with Gasteiger partial charge in [0.2, 0.25) is 10.0 Å². The van der Waals surface area contributed by atoms with Crippen molar-refractivity contribution in [2.75, 3.05) is 20.1 Å². The SMILES string of the molecule is CN=C(NCCNS(=O)(=O)c1cccs1)NCc1ccccc1Cl.I. The molecule has 0 atom stereocenters. The first-order chi connectivity index (χ1) is 11.5. The van der Waals surface area contributed by atoms with Gasteiger partial charge in [-0.25, -0.2) is 13.1 Å². The third-order valence-corrected chi connectivity index (χ3v) is 6.32. The third-order valence-electron chi connectivity index (χ3n) is 3.10. The Morgan fingerprint density at radius 1 is 1.16 bits per heavy atom. The number of guanidine groups is 1. The monoisotopic (exact) mass is 514 g/mol. The molecule has 0 amide bonds. The second kappa shape index (κ2) is 11.0. The van der Waals surface area contributed by atoms with Gasteiger partial charge in [-0.05, 0) is 23.1 Å². The van der Waals surface area contributed by atoms with E-state index >= 15 is 0 Å². The van der Waals surface area contributed by atoms with Gasteiger partial charge in [0.15, 0.2) is 5.96 Å². The number of sulfonamides is 1. The van der Waals surface area contributed by atoms with Gasteiger partial charge >= 0.3 is 0 Å². The first-order valence-electron chi connectivity index (χ1n) is 7.24. The molecule has 3 N–H and O–H groups in total. The predicted molar refractivity (Wildman–Crippen MR) is 115 cm³/mol. The molecular formula is C15H20ClIN4O2S2. The van der Waals surface area contributed by atoms with E-state index in [4.69, 9.17) is 11.6 Å². The summed E-state index contributed by atoms with van der Waals surface area (Å²) in [5, 5.41) is 8.59. The summed E-state index contributed by atoms with van der Waals surface area (Å²) >= 11 is 7.29. The van der Waals surface area contributed by atoms with E-state index < -0.39 is 10.0 Å². The van der Waals surface area contributed by atoms with Crippen molar-refractivity contribution in [1.29, 1.82) is 0 Å². The number of halogens is 2. The van der Waals surface area contributed by atoms with Gasteiger partial charge in [0.05, 0.1) is 0 Å². The summed E-state index contributed by atoms with van der Waals surface area (Å²) in [6.07, 6.45) is 0. The Hall–Kier alpha value is -0.880. The maximum Gasteiger partial charge on any atom is 0.250 e. The van der Waals surface area contributed by atoms with Gasteiger partial charge in [0.25, 0.3) is 0 Å². The molecule has 1 aromatic carbocycles. The van der Waals surface area contributed by atoms with Gasteiger partial charge in [-0.2, -0.15) is 0 Å². The molecular weight excluding hydrogens is 495 g/mol. The lowest BCUT2D eigenvalue weighted by Gasteiger charge is -2.13. The predicted octanol–water partition coefficient (Wildman–Crippen LogP) is 2.66. The number of nitrogens with one attached hydrogen (secondary N) is 3. The van der Waals surface area contributed by atoms with Crippen molar-refractivity contribution in [3.8, 4) is 0 Å². The summed E-state index contributed by atoms with van der Waals surface area (Å²) in [5.41, 5.74) is 0.959. The molecule has 1 aromatic heterocycles. The zero-order chi connectivity index (χ0) is 17.4. The fraction of sp³-hybridized carbons (Fsp3) is 0.267. The van der Waals surface area contributed by atoms with E-state index in [1.54, 1.807) is 24.6 Å². The van der Waals surface area contributed by atoms with Crippen LogP contribution in [0.25, 0.3) is 0 Å². The molecule has 0 aliphatic heterocycles. The van der Waals surface area contributed by atoms with Crippen LogP contribution in [-0.4, -0.2) is 34.5 Å². The fourth-order valence-electron chi connectivity index (χ4n) is 1.90. The summed E-state index contributed by atoms with van der Waals surface area (Å²) in [6, 6.07) is 10.8. The Labute approximate surface area is 174 Å². The van der Waals surface area contributed by atoms with Gasteiger partial charge in [0.1, 0.15) is 4.21 Å². The van der Waals surface area contributed by atoms with E-state index in [2.05, 4.69) is 20.3 Å². The van der Waals surface area contributed by atoms with E-state index in [1.807, 2.05) is 24.3 Å². The Morgan fingerprint density at radius 2 is 1.92 bits per heavy atom. The van der Waals surface area contributed by atoms with Crippen LogP contribution in [0.1, 0.15) is 5.56 Å². The van der Waals surface area contributed by atoms with E-state index in [9.17, 15) is 8.42 Å². The number of benzene rings is 1. The molecule has 0 radical (unpaired) electrons. The Morgan fingerprint density at radius 3 is 2.56 bits per heavy atom. The zero-order valence-corrected chi connectivity index (χ0v) is 18.2.